The molecule has 0 saturated heterocycles. The molecule has 2 heteroatoms. The van der Waals surface area contributed by atoms with Crippen molar-refractivity contribution in [1.82, 2.24) is 0 Å². The first-order valence-corrected chi connectivity index (χ1v) is 13.7. The van der Waals surface area contributed by atoms with Gasteiger partial charge in [-0.25, -0.2) is 0 Å². The summed E-state index contributed by atoms with van der Waals surface area (Å²) in [5, 5.41) is 0. The minimum absolute atomic E-state index is 0. The largest absolute Gasteiger partial charge is 1.00 e. The highest BCUT2D eigenvalue weighted by Gasteiger charge is 2.21. The molecule has 0 aliphatic heterocycles. The van der Waals surface area contributed by atoms with Gasteiger partial charge in [-0.1, -0.05) is 130 Å². The van der Waals surface area contributed by atoms with Gasteiger partial charge < -0.3 is 16.9 Å². The zero-order valence-corrected chi connectivity index (χ0v) is 22.9. The fourth-order valence-corrected chi connectivity index (χ4v) is 5.20. The number of halogens is 1. The summed E-state index contributed by atoms with van der Waals surface area (Å²) < 4.78 is 1.22. The number of unbranched alkanes of at least 4 members (excludes halogenated alkanes) is 14. The maximum Gasteiger partial charge on any atom is 0.0808 e. The van der Waals surface area contributed by atoms with E-state index in [1.165, 1.54) is 133 Å². The summed E-state index contributed by atoms with van der Waals surface area (Å²) in [5.74, 6) is 1.75. The fourth-order valence-electron chi connectivity index (χ4n) is 5.20. The highest BCUT2D eigenvalue weighted by molar-refractivity contribution is 4.58. The zero-order chi connectivity index (χ0) is 21.8. The molecule has 0 aliphatic carbocycles. The van der Waals surface area contributed by atoms with Crippen LogP contribution in [-0.4, -0.2) is 31.7 Å². The van der Waals surface area contributed by atoms with Crippen LogP contribution in [0.15, 0.2) is 0 Å². The normalized spacial score (nSPS) is 13.8. The SMILES string of the molecule is CCCCCCCCCCC(C)C[N+](C)(C)CC(C)CCCCCCCCCC.[Cl-]. The van der Waals surface area contributed by atoms with Gasteiger partial charge in [-0.05, 0) is 12.8 Å². The Morgan fingerprint density at radius 3 is 1.03 bits per heavy atom. The van der Waals surface area contributed by atoms with Crippen molar-refractivity contribution in [1.29, 1.82) is 0 Å². The predicted molar refractivity (Wildman–Crippen MR) is 135 cm³/mol. The Kier molecular flexibility index (Phi) is 24.3. The molecule has 2 atom stereocenters. The maximum absolute atomic E-state index is 2.49. The molecular weight excluding hydrogens is 386 g/mol. The molecule has 0 spiro atoms. The number of rotatable bonds is 22. The summed E-state index contributed by atoms with van der Waals surface area (Å²) in [5.41, 5.74) is 0. The molecule has 0 fully saturated rings. The van der Waals surface area contributed by atoms with E-state index in [1.807, 2.05) is 0 Å². The Labute approximate surface area is 199 Å². The lowest BCUT2D eigenvalue weighted by Crippen LogP contribution is -3.00. The molecule has 0 amide bonds. The van der Waals surface area contributed by atoms with Crippen LogP contribution in [0, 0.1) is 11.8 Å². The molecule has 0 aromatic heterocycles. The third-order valence-electron chi connectivity index (χ3n) is 6.71. The van der Waals surface area contributed by atoms with E-state index in [4.69, 9.17) is 0 Å². The Balaban J connectivity index is 0. The van der Waals surface area contributed by atoms with Crippen molar-refractivity contribution in [2.45, 2.75) is 143 Å². The van der Waals surface area contributed by atoms with Crippen LogP contribution < -0.4 is 12.4 Å². The van der Waals surface area contributed by atoms with Crippen LogP contribution in [0.3, 0.4) is 0 Å². The summed E-state index contributed by atoms with van der Waals surface area (Å²) in [6.07, 6.45) is 26.0. The van der Waals surface area contributed by atoms with Gasteiger partial charge in [0.25, 0.3) is 0 Å². The van der Waals surface area contributed by atoms with Crippen LogP contribution >= 0.6 is 0 Å². The summed E-state index contributed by atoms with van der Waals surface area (Å²) in [6.45, 7) is 12.3. The third-order valence-corrected chi connectivity index (χ3v) is 6.71. The zero-order valence-electron chi connectivity index (χ0n) is 22.1. The van der Waals surface area contributed by atoms with Crippen molar-refractivity contribution in [3.63, 3.8) is 0 Å². The van der Waals surface area contributed by atoms with Crippen molar-refractivity contribution < 1.29 is 16.9 Å². The van der Waals surface area contributed by atoms with Gasteiger partial charge in [0.2, 0.25) is 0 Å². The molecular formula is C28H60ClN. The van der Waals surface area contributed by atoms with E-state index in [-0.39, 0.29) is 12.4 Å². The molecule has 30 heavy (non-hydrogen) atoms. The lowest BCUT2D eigenvalue weighted by atomic mass is 9.98. The molecule has 0 aromatic carbocycles. The van der Waals surface area contributed by atoms with Crippen LogP contribution in [-0.2, 0) is 0 Å². The molecule has 0 N–H and O–H groups in total. The van der Waals surface area contributed by atoms with Crippen LogP contribution in [0.2, 0.25) is 0 Å². The predicted octanol–water partition coefficient (Wildman–Crippen LogP) is 6.40. The lowest BCUT2D eigenvalue weighted by molar-refractivity contribution is -0.896. The van der Waals surface area contributed by atoms with Crippen LogP contribution in [0.25, 0.3) is 0 Å². The van der Waals surface area contributed by atoms with Gasteiger partial charge in [0.1, 0.15) is 0 Å². The number of quaternary nitrogens is 1. The smallest absolute Gasteiger partial charge is 0.0808 e. The molecule has 0 radical (unpaired) electrons. The van der Waals surface area contributed by atoms with Crippen molar-refractivity contribution in [3.05, 3.63) is 0 Å². The molecule has 0 heterocycles. The lowest BCUT2D eigenvalue weighted by Gasteiger charge is -2.35. The molecule has 0 saturated carbocycles. The minimum Gasteiger partial charge on any atom is -1.00 e. The molecule has 0 rings (SSSR count). The van der Waals surface area contributed by atoms with Crippen molar-refractivity contribution >= 4 is 0 Å². The Morgan fingerprint density at radius 2 is 0.733 bits per heavy atom. The Bertz CT molecular complexity index is 299. The monoisotopic (exact) mass is 445 g/mol. The second-order valence-corrected chi connectivity index (χ2v) is 11.0. The van der Waals surface area contributed by atoms with Crippen molar-refractivity contribution in [2.75, 3.05) is 27.2 Å². The van der Waals surface area contributed by atoms with Crippen molar-refractivity contribution in [2.24, 2.45) is 11.8 Å². The molecule has 0 aliphatic rings. The molecule has 0 aromatic rings. The number of hydrogen-bond donors (Lipinski definition) is 0. The van der Waals surface area contributed by atoms with Gasteiger partial charge in [0, 0.05) is 11.8 Å². The summed E-state index contributed by atoms with van der Waals surface area (Å²) in [7, 11) is 4.93. The number of hydrogen-bond acceptors (Lipinski definition) is 0. The van der Waals surface area contributed by atoms with E-state index in [2.05, 4.69) is 41.8 Å². The van der Waals surface area contributed by atoms with E-state index >= 15 is 0 Å². The minimum atomic E-state index is 0. The summed E-state index contributed by atoms with van der Waals surface area (Å²) in [6, 6.07) is 0. The van der Waals surface area contributed by atoms with E-state index in [1.54, 1.807) is 0 Å². The first-order valence-electron chi connectivity index (χ1n) is 13.7. The van der Waals surface area contributed by atoms with Gasteiger partial charge in [-0.3, -0.25) is 0 Å². The maximum atomic E-state index is 2.49. The highest BCUT2D eigenvalue weighted by Crippen LogP contribution is 2.19. The van der Waals surface area contributed by atoms with Gasteiger partial charge >= 0.3 is 0 Å². The first kappa shape index (κ1) is 32.4. The number of nitrogens with zero attached hydrogens (tertiary/aromatic N) is 1. The highest BCUT2D eigenvalue weighted by atomic mass is 35.5. The average Bonchev–Trinajstić information content (AvgIpc) is 2.65. The topological polar surface area (TPSA) is 0 Å². The molecule has 2 unspecified atom stereocenters. The first-order chi connectivity index (χ1) is 13.9. The quantitative estimate of drug-likeness (QED) is 0.133. The fraction of sp³-hybridized carbons (Fsp3) is 1.00. The van der Waals surface area contributed by atoms with E-state index in [9.17, 15) is 0 Å². The average molecular weight is 446 g/mol. The van der Waals surface area contributed by atoms with Gasteiger partial charge in [-0.15, -0.1) is 0 Å². The summed E-state index contributed by atoms with van der Waals surface area (Å²) >= 11 is 0. The van der Waals surface area contributed by atoms with Gasteiger partial charge in [0.15, 0.2) is 0 Å². The molecule has 1 nitrogen and oxygen atoms in total. The van der Waals surface area contributed by atoms with Crippen LogP contribution in [0.4, 0.5) is 0 Å². The Morgan fingerprint density at radius 1 is 0.467 bits per heavy atom. The Hall–Kier alpha value is 0.250. The van der Waals surface area contributed by atoms with Crippen LogP contribution in [0.1, 0.15) is 143 Å². The van der Waals surface area contributed by atoms with Gasteiger partial charge in [-0.2, -0.15) is 0 Å². The summed E-state index contributed by atoms with van der Waals surface area (Å²) in [4.78, 5) is 0. The van der Waals surface area contributed by atoms with E-state index < -0.39 is 0 Å². The van der Waals surface area contributed by atoms with E-state index in [0.29, 0.717) is 0 Å². The molecule has 184 valence electrons. The van der Waals surface area contributed by atoms with E-state index in [0.717, 1.165) is 11.8 Å². The van der Waals surface area contributed by atoms with Crippen molar-refractivity contribution in [3.8, 4) is 0 Å². The molecule has 0 bridgehead atoms. The second-order valence-electron chi connectivity index (χ2n) is 11.0. The van der Waals surface area contributed by atoms with Gasteiger partial charge in [0.05, 0.1) is 27.2 Å². The third kappa shape index (κ3) is 22.9. The standard InChI is InChI=1S/C28H60N.ClH/c1-7-9-11-13-15-17-19-21-23-27(3)25-29(5,6)26-28(4)24-22-20-18-16-14-12-10-8-2;/h27-28H,7-26H2,1-6H3;1H/q+1;/p-1. The van der Waals surface area contributed by atoms with Crippen LogP contribution in [0.5, 0.6) is 0 Å². The second kappa shape index (κ2) is 22.4.